The SMILES string of the molecule is CCN1c2cc(OC)c(C=Nc3ccccc3O)cc2C(C)CC1(C)C. The van der Waals surface area contributed by atoms with Crippen molar-refractivity contribution >= 4 is 17.6 Å². The summed E-state index contributed by atoms with van der Waals surface area (Å²) in [6.07, 6.45) is 2.88. The third kappa shape index (κ3) is 3.28. The predicted molar refractivity (Wildman–Crippen MR) is 108 cm³/mol. The first kappa shape index (κ1) is 18.3. The van der Waals surface area contributed by atoms with Gasteiger partial charge in [-0.05, 0) is 56.9 Å². The molecule has 0 saturated heterocycles. The first-order chi connectivity index (χ1) is 12.4. The molecule has 1 heterocycles. The van der Waals surface area contributed by atoms with E-state index < -0.39 is 0 Å². The van der Waals surface area contributed by atoms with E-state index in [0.29, 0.717) is 11.6 Å². The van der Waals surface area contributed by atoms with Gasteiger partial charge in [0.05, 0.1) is 7.11 Å². The van der Waals surface area contributed by atoms with Gasteiger partial charge < -0.3 is 14.7 Å². The van der Waals surface area contributed by atoms with E-state index in [2.05, 4.69) is 49.7 Å². The summed E-state index contributed by atoms with van der Waals surface area (Å²) in [5, 5.41) is 9.92. The summed E-state index contributed by atoms with van der Waals surface area (Å²) in [7, 11) is 1.69. The van der Waals surface area contributed by atoms with Crippen LogP contribution in [-0.4, -0.2) is 30.5 Å². The fourth-order valence-corrected chi connectivity index (χ4v) is 4.12. The predicted octanol–water partition coefficient (Wildman–Crippen LogP) is 5.26. The van der Waals surface area contributed by atoms with Crippen molar-refractivity contribution in [3.05, 3.63) is 47.5 Å². The van der Waals surface area contributed by atoms with Gasteiger partial charge in [-0.15, -0.1) is 0 Å². The maximum atomic E-state index is 9.92. The van der Waals surface area contributed by atoms with E-state index in [1.807, 2.05) is 6.07 Å². The van der Waals surface area contributed by atoms with Crippen LogP contribution in [0.15, 0.2) is 41.4 Å². The highest BCUT2D eigenvalue weighted by atomic mass is 16.5. The smallest absolute Gasteiger partial charge is 0.141 e. The number of aromatic hydroxyl groups is 1. The molecule has 3 rings (SSSR count). The second-order valence-corrected chi connectivity index (χ2v) is 7.56. The Hall–Kier alpha value is -2.49. The molecule has 1 aliphatic heterocycles. The highest BCUT2D eigenvalue weighted by Gasteiger charge is 2.36. The summed E-state index contributed by atoms with van der Waals surface area (Å²) in [6, 6.07) is 11.4. The molecule has 0 radical (unpaired) electrons. The van der Waals surface area contributed by atoms with Crippen LogP contribution in [0.5, 0.6) is 11.5 Å². The molecular formula is C22H28N2O2. The zero-order chi connectivity index (χ0) is 18.9. The molecule has 0 saturated carbocycles. The number of methoxy groups -OCH3 is 1. The van der Waals surface area contributed by atoms with E-state index in [-0.39, 0.29) is 11.3 Å². The van der Waals surface area contributed by atoms with Crippen molar-refractivity contribution in [1.82, 2.24) is 0 Å². The van der Waals surface area contributed by atoms with Crippen molar-refractivity contribution in [2.24, 2.45) is 4.99 Å². The van der Waals surface area contributed by atoms with Gasteiger partial charge in [-0.25, -0.2) is 0 Å². The van der Waals surface area contributed by atoms with Crippen LogP contribution in [0.3, 0.4) is 0 Å². The standard InChI is InChI=1S/C22H28N2O2/c1-6-24-19-12-21(26-5)16(11-17(19)15(2)13-22(24,3)4)14-23-18-9-7-8-10-20(18)25/h7-12,14-15,25H,6,13H2,1-5H3. The summed E-state index contributed by atoms with van der Waals surface area (Å²) in [6.45, 7) is 10.0. The zero-order valence-electron chi connectivity index (χ0n) is 16.3. The van der Waals surface area contributed by atoms with Gasteiger partial charge in [-0.1, -0.05) is 19.1 Å². The monoisotopic (exact) mass is 352 g/mol. The van der Waals surface area contributed by atoms with Crippen LogP contribution in [0.25, 0.3) is 0 Å². The van der Waals surface area contributed by atoms with Crippen molar-refractivity contribution < 1.29 is 9.84 Å². The first-order valence-electron chi connectivity index (χ1n) is 9.19. The van der Waals surface area contributed by atoms with E-state index in [4.69, 9.17) is 4.74 Å². The molecule has 26 heavy (non-hydrogen) atoms. The molecule has 1 N–H and O–H groups in total. The summed E-state index contributed by atoms with van der Waals surface area (Å²) in [4.78, 5) is 6.91. The van der Waals surface area contributed by atoms with Gasteiger partial charge in [-0.3, -0.25) is 4.99 Å². The van der Waals surface area contributed by atoms with E-state index in [9.17, 15) is 5.11 Å². The van der Waals surface area contributed by atoms with E-state index in [0.717, 1.165) is 24.3 Å². The van der Waals surface area contributed by atoms with Crippen LogP contribution in [0.4, 0.5) is 11.4 Å². The average Bonchev–Trinajstić information content (AvgIpc) is 2.60. The lowest BCUT2D eigenvalue weighted by atomic mass is 9.79. The fraction of sp³-hybridized carbons (Fsp3) is 0.409. The Morgan fingerprint density at radius 2 is 2.04 bits per heavy atom. The topological polar surface area (TPSA) is 45.1 Å². The lowest BCUT2D eigenvalue weighted by molar-refractivity contribution is 0.377. The fourth-order valence-electron chi connectivity index (χ4n) is 4.12. The van der Waals surface area contributed by atoms with Gasteiger partial charge in [0.1, 0.15) is 17.2 Å². The molecule has 0 spiro atoms. The largest absolute Gasteiger partial charge is 0.506 e. The summed E-state index contributed by atoms with van der Waals surface area (Å²) in [5.74, 6) is 1.44. The highest BCUT2D eigenvalue weighted by molar-refractivity contribution is 5.88. The van der Waals surface area contributed by atoms with Crippen molar-refractivity contribution in [3.63, 3.8) is 0 Å². The molecule has 2 aromatic rings. The number of aliphatic imine (C=N–C) groups is 1. The van der Waals surface area contributed by atoms with E-state index in [1.165, 1.54) is 11.3 Å². The van der Waals surface area contributed by atoms with Crippen molar-refractivity contribution in [2.75, 3.05) is 18.6 Å². The second kappa shape index (κ2) is 7.02. The van der Waals surface area contributed by atoms with Crippen molar-refractivity contribution in [3.8, 4) is 11.5 Å². The Labute approximate surface area is 156 Å². The van der Waals surface area contributed by atoms with Gasteiger partial charge in [-0.2, -0.15) is 0 Å². The van der Waals surface area contributed by atoms with Crippen LogP contribution < -0.4 is 9.64 Å². The molecule has 0 fully saturated rings. The number of rotatable bonds is 4. The van der Waals surface area contributed by atoms with Gasteiger partial charge in [0, 0.05) is 35.6 Å². The second-order valence-electron chi connectivity index (χ2n) is 7.56. The number of fused-ring (bicyclic) bond motifs is 1. The van der Waals surface area contributed by atoms with Crippen LogP contribution in [0.1, 0.15) is 51.2 Å². The van der Waals surface area contributed by atoms with Gasteiger partial charge in [0.25, 0.3) is 0 Å². The normalized spacial score (nSPS) is 18.8. The third-order valence-corrected chi connectivity index (χ3v) is 5.28. The quantitative estimate of drug-likeness (QED) is 0.763. The Balaban J connectivity index is 2.06. The van der Waals surface area contributed by atoms with Crippen molar-refractivity contribution in [2.45, 2.75) is 45.6 Å². The van der Waals surface area contributed by atoms with E-state index in [1.54, 1.807) is 31.5 Å². The number of phenolic OH excluding ortho intramolecular Hbond substituents is 1. The minimum atomic E-state index is 0.123. The Kier molecular flexibility index (Phi) is 4.94. The number of hydrogen-bond donors (Lipinski definition) is 1. The minimum absolute atomic E-state index is 0.123. The molecule has 1 aliphatic rings. The van der Waals surface area contributed by atoms with Gasteiger partial charge >= 0.3 is 0 Å². The molecule has 0 amide bonds. The number of phenols is 1. The molecule has 0 bridgehead atoms. The summed E-state index contributed by atoms with van der Waals surface area (Å²) >= 11 is 0. The van der Waals surface area contributed by atoms with Gasteiger partial charge in [0.15, 0.2) is 0 Å². The van der Waals surface area contributed by atoms with Crippen LogP contribution in [0.2, 0.25) is 0 Å². The Morgan fingerprint density at radius 3 is 2.69 bits per heavy atom. The average molecular weight is 352 g/mol. The molecule has 0 aromatic heterocycles. The van der Waals surface area contributed by atoms with Crippen LogP contribution in [-0.2, 0) is 0 Å². The highest BCUT2D eigenvalue weighted by Crippen LogP contribution is 2.45. The first-order valence-corrected chi connectivity index (χ1v) is 9.19. The molecule has 2 aromatic carbocycles. The van der Waals surface area contributed by atoms with Gasteiger partial charge in [0.2, 0.25) is 0 Å². The Bertz CT molecular complexity index is 827. The maximum absolute atomic E-state index is 9.92. The minimum Gasteiger partial charge on any atom is -0.506 e. The number of benzene rings is 2. The lowest BCUT2D eigenvalue weighted by Crippen LogP contribution is -2.48. The molecule has 138 valence electrons. The number of anilines is 1. The zero-order valence-corrected chi connectivity index (χ0v) is 16.3. The van der Waals surface area contributed by atoms with Crippen LogP contribution in [0, 0.1) is 0 Å². The molecular weight excluding hydrogens is 324 g/mol. The van der Waals surface area contributed by atoms with E-state index >= 15 is 0 Å². The third-order valence-electron chi connectivity index (χ3n) is 5.28. The summed E-state index contributed by atoms with van der Waals surface area (Å²) < 4.78 is 5.65. The maximum Gasteiger partial charge on any atom is 0.141 e. The number of nitrogens with zero attached hydrogens (tertiary/aromatic N) is 2. The van der Waals surface area contributed by atoms with Crippen molar-refractivity contribution in [1.29, 1.82) is 0 Å². The molecule has 1 unspecified atom stereocenters. The molecule has 1 atom stereocenters. The molecule has 4 heteroatoms. The number of ether oxygens (including phenoxy) is 1. The molecule has 4 nitrogen and oxygen atoms in total. The number of hydrogen-bond acceptors (Lipinski definition) is 4. The number of para-hydroxylation sites is 2. The summed E-state index contributed by atoms with van der Waals surface area (Å²) in [5.41, 5.74) is 4.17. The van der Waals surface area contributed by atoms with Crippen LogP contribution >= 0.6 is 0 Å². The Morgan fingerprint density at radius 1 is 1.31 bits per heavy atom. The molecule has 0 aliphatic carbocycles. The lowest BCUT2D eigenvalue weighted by Gasteiger charge is -2.47.